The molecular formula is C12H14INO2. The van der Waals surface area contributed by atoms with Crippen molar-refractivity contribution in [2.75, 3.05) is 0 Å². The summed E-state index contributed by atoms with van der Waals surface area (Å²) in [5.74, 6) is 0.694. The van der Waals surface area contributed by atoms with Gasteiger partial charge in [-0.1, -0.05) is 0 Å². The maximum Gasteiger partial charge on any atom is 0.251 e. The molecule has 1 fully saturated rings. The van der Waals surface area contributed by atoms with E-state index in [1.165, 1.54) is 18.9 Å². The molecule has 16 heavy (non-hydrogen) atoms. The van der Waals surface area contributed by atoms with Crippen LogP contribution in [0.1, 0.15) is 30.1 Å². The van der Waals surface area contributed by atoms with Gasteiger partial charge in [-0.25, -0.2) is 0 Å². The molecule has 1 saturated carbocycles. The van der Waals surface area contributed by atoms with Crippen LogP contribution in [0.4, 0.5) is 0 Å². The van der Waals surface area contributed by atoms with E-state index in [0.717, 1.165) is 3.57 Å². The topological polar surface area (TPSA) is 49.3 Å². The molecule has 0 aromatic heterocycles. The Morgan fingerprint density at radius 3 is 2.81 bits per heavy atom. The Hall–Kier alpha value is -0.780. The predicted octanol–water partition coefficient (Wildman–Crippen LogP) is 2.53. The molecule has 1 aromatic carbocycles. The summed E-state index contributed by atoms with van der Waals surface area (Å²) in [5, 5.41) is 12.5. The zero-order valence-electron chi connectivity index (χ0n) is 9.03. The number of carbonyl (C=O) groups excluding carboxylic acids is 1. The molecule has 86 valence electrons. The summed E-state index contributed by atoms with van der Waals surface area (Å²) in [6.45, 7) is 2.03. The first-order valence-corrected chi connectivity index (χ1v) is 6.45. The molecule has 0 radical (unpaired) electrons. The molecule has 1 aliphatic carbocycles. The average molecular weight is 331 g/mol. The molecule has 0 aliphatic heterocycles. The number of amides is 1. The fraction of sp³-hybridized carbons (Fsp3) is 0.417. The lowest BCUT2D eigenvalue weighted by Gasteiger charge is -2.12. The summed E-state index contributed by atoms with van der Waals surface area (Å²) in [5.41, 5.74) is 0.519. The summed E-state index contributed by atoms with van der Waals surface area (Å²) in [6.07, 6.45) is 2.42. The second kappa shape index (κ2) is 4.61. The maximum absolute atomic E-state index is 11.8. The van der Waals surface area contributed by atoms with Gasteiger partial charge in [0.1, 0.15) is 5.75 Å². The molecule has 1 aromatic rings. The van der Waals surface area contributed by atoms with Crippen molar-refractivity contribution in [2.45, 2.75) is 25.8 Å². The molecule has 3 nitrogen and oxygen atoms in total. The van der Waals surface area contributed by atoms with Crippen LogP contribution in [0.2, 0.25) is 0 Å². The van der Waals surface area contributed by atoms with Crippen molar-refractivity contribution < 1.29 is 9.90 Å². The highest BCUT2D eigenvalue weighted by molar-refractivity contribution is 14.1. The lowest BCUT2D eigenvalue weighted by molar-refractivity contribution is 0.0935. The number of halogens is 1. The molecule has 2 rings (SSSR count). The van der Waals surface area contributed by atoms with Gasteiger partial charge in [0, 0.05) is 11.6 Å². The quantitative estimate of drug-likeness (QED) is 0.837. The molecule has 2 N–H and O–H groups in total. The Labute approximate surface area is 108 Å². The highest BCUT2D eigenvalue weighted by atomic mass is 127. The zero-order valence-corrected chi connectivity index (χ0v) is 11.2. The van der Waals surface area contributed by atoms with Crippen molar-refractivity contribution >= 4 is 28.5 Å². The summed E-state index contributed by atoms with van der Waals surface area (Å²) >= 11 is 2.03. The number of hydrogen-bond acceptors (Lipinski definition) is 2. The molecule has 1 amide bonds. The van der Waals surface area contributed by atoms with Crippen molar-refractivity contribution in [3.05, 3.63) is 27.3 Å². The molecule has 1 atom stereocenters. The Balaban J connectivity index is 2.05. The van der Waals surface area contributed by atoms with Crippen LogP contribution in [0, 0.1) is 9.49 Å². The minimum atomic E-state index is -0.105. The molecule has 1 aliphatic rings. The van der Waals surface area contributed by atoms with Gasteiger partial charge < -0.3 is 10.4 Å². The third-order valence-electron chi connectivity index (χ3n) is 2.90. The Bertz CT molecular complexity index is 415. The molecule has 0 saturated heterocycles. The van der Waals surface area contributed by atoms with Crippen molar-refractivity contribution in [1.82, 2.24) is 5.32 Å². The van der Waals surface area contributed by atoms with Crippen LogP contribution in [0.15, 0.2) is 18.2 Å². The van der Waals surface area contributed by atoms with Crippen LogP contribution < -0.4 is 5.32 Å². The van der Waals surface area contributed by atoms with Gasteiger partial charge in [-0.3, -0.25) is 4.79 Å². The van der Waals surface area contributed by atoms with E-state index in [4.69, 9.17) is 0 Å². The number of nitrogens with one attached hydrogen (secondary N) is 1. The van der Waals surface area contributed by atoms with E-state index in [1.807, 2.05) is 29.5 Å². The minimum absolute atomic E-state index is 0.105. The van der Waals surface area contributed by atoms with Gasteiger partial charge in [0.25, 0.3) is 5.91 Å². The van der Waals surface area contributed by atoms with Crippen LogP contribution in [-0.4, -0.2) is 17.1 Å². The summed E-state index contributed by atoms with van der Waals surface area (Å²) in [4.78, 5) is 11.8. The highest BCUT2D eigenvalue weighted by Gasteiger charge is 2.29. The Morgan fingerprint density at radius 2 is 2.25 bits per heavy atom. The van der Waals surface area contributed by atoms with E-state index in [1.54, 1.807) is 12.1 Å². The van der Waals surface area contributed by atoms with E-state index in [0.29, 0.717) is 11.5 Å². The molecule has 1 unspecified atom stereocenters. The maximum atomic E-state index is 11.8. The monoisotopic (exact) mass is 331 g/mol. The van der Waals surface area contributed by atoms with Gasteiger partial charge >= 0.3 is 0 Å². The van der Waals surface area contributed by atoms with Gasteiger partial charge in [0.15, 0.2) is 0 Å². The summed E-state index contributed by atoms with van der Waals surface area (Å²) in [7, 11) is 0. The smallest absolute Gasteiger partial charge is 0.251 e. The SMILES string of the molecule is CC(NC(=O)c1ccc(I)c(O)c1)C1CC1. The number of phenolic OH excluding ortho intramolecular Hbond substituents is 1. The first-order valence-electron chi connectivity index (χ1n) is 5.37. The summed E-state index contributed by atoms with van der Waals surface area (Å²) in [6, 6.07) is 5.22. The number of aromatic hydroxyl groups is 1. The lowest BCUT2D eigenvalue weighted by atomic mass is 10.1. The number of carbonyl (C=O) groups is 1. The van der Waals surface area contributed by atoms with Gasteiger partial charge in [-0.15, -0.1) is 0 Å². The number of benzene rings is 1. The van der Waals surface area contributed by atoms with Crippen LogP contribution in [0.5, 0.6) is 5.75 Å². The standard InChI is InChI=1S/C12H14INO2/c1-7(8-2-3-8)14-12(16)9-4-5-10(13)11(15)6-9/h4-8,15H,2-3H2,1H3,(H,14,16). The highest BCUT2D eigenvalue weighted by Crippen LogP contribution is 2.32. The predicted molar refractivity (Wildman–Crippen MR) is 70.5 cm³/mol. The second-order valence-corrected chi connectivity index (χ2v) is 5.43. The van der Waals surface area contributed by atoms with E-state index < -0.39 is 0 Å². The fourth-order valence-corrected chi connectivity index (χ4v) is 1.99. The molecule has 0 bridgehead atoms. The van der Waals surface area contributed by atoms with Gasteiger partial charge in [0.2, 0.25) is 0 Å². The zero-order chi connectivity index (χ0) is 11.7. The molecule has 0 spiro atoms. The Morgan fingerprint density at radius 1 is 1.56 bits per heavy atom. The largest absolute Gasteiger partial charge is 0.507 e. The van der Waals surface area contributed by atoms with Crippen LogP contribution in [0.3, 0.4) is 0 Å². The normalized spacial score (nSPS) is 16.9. The van der Waals surface area contributed by atoms with Crippen molar-refractivity contribution in [3.8, 4) is 5.75 Å². The van der Waals surface area contributed by atoms with Crippen molar-refractivity contribution in [2.24, 2.45) is 5.92 Å². The van der Waals surface area contributed by atoms with Crippen LogP contribution in [-0.2, 0) is 0 Å². The van der Waals surface area contributed by atoms with Crippen molar-refractivity contribution in [3.63, 3.8) is 0 Å². The minimum Gasteiger partial charge on any atom is -0.507 e. The van der Waals surface area contributed by atoms with Gasteiger partial charge in [-0.2, -0.15) is 0 Å². The fourth-order valence-electron chi connectivity index (χ4n) is 1.66. The van der Waals surface area contributed by atoms with Crippen molar-refractivity contribution in [1.29, 1.82) is 0 Å². The average Bonchev–Trinajstić information content (AvgIpc) is 3.05. The Kier molecular flexibility index (Phi) is 3.37. The second-order valence-electron chi connectivity index (χ2n) is 4.27. The van der Waals surface area contributed by atoms with Gasteiger partial charge in [-0.05, 0) is 66.5 Å². The van der Waals surface area contributed by atoms with E-state index in [9.17, 15) is 9.90 Å². The van der Waals surface area contributed by atoms with Crippen LogP contribution >= 0.6 is 22.6 Å². The molecular weight excluding hydrogens is 317 g/mol. The third-order valence-corrected chi connectivity index (χ3v) is 3.81. The van der Waals surface area contributed by atoms with E-state index in [2.05, 4.69) is 5.32 Å². The number of rotatable bonds is 3. The first kappa shape index (κ1) is 11.7. The summed E-state index contributed by atoms with van der Waals surface area (Å²) < 4.78 is 0.754. The first-order chi connectivity index (χ1) is 7.58. The van der Waals surface area contributed by atoms with E-state index in [-0.39, 0.29) is 17.7 Å². The lowest BCUT2D eigenvalue weighted by Crippen LogP contribution is -2.33. The van der Waals surface area contributed by atoms with Gasteiger partial charge in [0.05, 0.1) is 3.57 Å². The molecule has 0 heterocycles. The molecule has 4 heteroatoms. The number of phenols is 1. The van der Waals surface area contributed by atoms with E-state index >= 15 is 0 Å². The number of hydrogen-bond donors (Lipinski definition) is 2. The third kappa shape index (κ3) is 2.66. The van der Waals surface area contributed by atoms with Crippen LogP contribution in [0.25, 0.3) is 0 Å².